The maximum atomic E-state index is 12.5. The largest absolute Gasteiger partial charge is 0.392 e. The Hall–Kier alpha value is -3.81. The number of aliphatic hydroxyl groups excluding tert-OH is 1. The number of benzene rings is 4. The second-order valence-electron chi connectivity index (χ2n) is 11.1. The quantitative estimate of drug-likeness (QED) is 0.227. The highest BCUT2D eigenvalue weighted by atomic mass is 16.7. The van der Waals surface area contributed by atoms with Gasteiger partial charge in [-0.15, -0.1) is 0 Å². The van der Waals surface area contributed by atoms with Gasteiger partial charge in [-0.25, -0.2) is 0 Å². The van der Waals surface area contributed by atoms with Gasteiger partial charge < -0.3 is 19.9 Å². The third kappa shape index (κ3) is 7.15. The van der Waals surface area contributed by atoms with E-state index >= 15 is 0 Å². The molecular formula is C36H40N2O4. The predicted molar refractivity (Wildman–Crippen MR) is 165 cm³/mol. The zero-order valence-electron chi connectivity index (χ0n) is 24.5. The summed E-state index contributed by atoms with van der Waals surface area (Å²) >= 11 is 0. The van der Waals surface area contributed by atoms with Crippen LogP contribution in [0.5, 0.6) is 0 Å². The molecule has 1 aliphatic heterocycles. The molecule has 1 amide bonds. The van der Waals surface area contributed by atoms with Crippen LogP contribution in [0.1, 0.15) is 70.5 Å². The van der Waals surface area contributed by atoms with Gasteiger partial charge in [0.1, 0.15) is 0 Å². The molecule has 1 aliphatic rings. The van der Waals surface area contributed by atoms with Crippen molar-refractivity contribution in [2.75, 3.05) is 13.6 Å². The first-order chi connectivity index (χ1) is 20.4. The molecule has 5 rings (SSSR count). The third-order valence-electron chi connectivity index (χ3n) is 8.28. The minimum atomic E-state index is -0.540. The molecule has 218 valence electrons. The second-order valence-corrected chi connectivity index (χ2v) is 11.1. The summed E-state index contributed by atoms with van der Waals surface area (Å²) in [5.74, 6) is -0.00140. The summed E-state index contributed by atoms with van der Waals surface area (Å²) in [4.78, 5) is 14.8. The molecule has 0 aliphatic carbocycles. The van der Waals surface area contributed by atoms with Crippen molar-refractivity contribution in [3.8, 4) is 0 Å². The maximum absolute atomic E-state index is 12.5. The Morgan fingerprint density at radius 3 is 2.07 bits per heavy atom. The van der Waals surface area contributed by atoms with E-state index in [-0.39, 0.29) is 36.7 Å². The van der Waals surface area contributed by atoms with E-state index in [1.807, 2.05) is 72.8 Å². The molecule has 0 bridgehead atoms. The van der Waals surface area contributed by atoms with Gasteiger partial charge in [0.25, 0.3) is 5.91 Å². The van der Waals surface area contributed by atoms with E-state index in [4.69, 9.17) is 9.47 Å². The smallest absolute Gasteiger partial charge is 0.251 e. The standard InChI is InChI=1S/C36H40N2O4/c1-25-33(23-38(3)26(2)29-10-6-4-7-11-29)41-36(42-34(25)30-18-16-28(24-39)17-19-30)32-20-14-27(15-21-32)22-37-35(40)31-12-8-5-9-13-31/h4-21,25-26,33-34,36,39H,22-24H2,1-3H3,(H,37,40)/t25-,26+,33+,34+,36+/m1/s1. The van der Waals surface area contributed by atoms with Gasteiger partial charge in [-0.2, -0.15) is 0 Å². The third-order valence-corrected chi connectivity index (χ3v) is 8.28. The van der Waals surface area contributed by atoms with Gasteiger partial charge in [0.2, 0.25) is 0 Å². The van der Waals surface area contributed by atoms with Crippen LogP contribution in [0.2, 0.25) is 0 Å². The summed E-state index contributed by atoms with van der Waals surface area (Å²) in [5, 5.41) is 12.5. The van der Waals surface area contributed by atoms with E-state index < -0.39 is 6.29 Å². The van der Waals surface area contributed by atoms with Gasteiger partial charge >= 0.3 is 0 Å². The Kier molecular flexibility index (Phi) is 9.82. The fourth-order valence-corrected chi connectivity index (χ4v) is 5.42. The highest BCUT2D eigenvalue weighted by Crippen LogP contribution is 2.42. The molecule has 5 atom stereocenters. The molecule has 0 aromatic heterocycles. The van der Waals surface area contributed by atoms with E-state index in [1.54, 1.807) is 12.1 Å². The van der Waals surface area contributed by atoms with Crippen LogP contribution in [0.15, 0.2) is 109 Å². The number of rotatable bonds is 10. The van der Waals surface area contributed by atoms with Crippen LogP contribution in [0.3, 0.4) is 0 Å². The van der Waals surface area contributed by atoms with Crippen molar-refractivity contribution in [2.24, 2.45) is 5.92 Å². The molecule has 1 saturated heterocycles. The second kappa shape index (κ2) is 13.9. The number of nitrogens with one attached hydrogen (secondary N) is 1. The summed E-state index contributed by atoms with van der Waals surface area (Å²) < 4.78 is 13.3. The van der Waals surface area contributed by atoms with Crippen molar-refractivity contribution in [1.82, 2.24) is 10.2 Å². The Labute approximate surface area is 248 Å². The van der Waals surface area contributed by atoms with Crippen LogP contribution in [0, 0.1) is 5.92 Å². The van der Waals surface area contributed by atoms with Crippen LogP contribution in [0.4, 0.5) is 0 Å². The highest BCUT2D eigenvalue weighted by Gasteiger charge is 2.39. The number of likely N-dealkylation sites (N-methyl/N-ethyl adjacent to an activating group) is 1. The zero-order valence-corrected chi connectivity index (χ0v) is 24.5. The molecule has 42 heavy (non-hydrogen) atoms. The van der Waals surface area contributed by atoms with E-state index in [9.17, 15) is 9.90 Å². The maximum Gasteiger partial charge on any atom is 0.251 e. The monoisotopic (exact) mass is 564 g/mol. The number of hydrogen-bond donors (Lipinski definition) is 2. The fourth-order valence-electron chi connectivity index (χ4n) is 5.42. The molecule has 2 N–H and O–H groups in total. The molecule has 0 saturated carbocycles. The summed E-state index contributed by atoms with van der Waals surface area (Å²) in [6.45, 7) is 5.59. The number of aliphatic hydroxyl groups is 1. The lowest BCUT2D eigenvalue weighted by Crippen LogP contribution is -2.44. The number of ether oxygens (including phenoxy) is 2. The number of hydrogen-bond acceptors (Lipinski definition) is 5. The van der Waals surface area contributed by atoms with Gasteiger partial charge in [0.15, 0.2) is 6.29 Å². The molecule has 0 radical (unpaired) electrons. The number of carbonyl (C=O) groups excluding carboxylic acids is 1. The lowest BCUT2D eigenvalue weighted by atomic mass is 9.89. The van der Waals surface area contributed by atoms with Crippen molar-refractivity contribution in [3.05, 3.63) is 143 Å². The van der Waals surface area contributed by atoms with Crippen LogP contribution >= 0.6 is 0 Å². The van der Waals surface area contributed by atoms with Gasteiger partial charge in [-0.05, 0) is 48.4 Å². The summed E-state index contributed by atoms with van der Waals surface area (Å²) in [7, 11) is 2.14. The Bertz CT molecular complexity index is 1410. The SMILES string of the molecule is C[C@@H]1[C@H](CN(C)[C@@H](C)c2ccccc2)O[C@H](c2ccc(CNC(=O)c3ccccc3)cc2)O[C@@H]1c1ccc(CO)cc1. The molecule has 0 unspecified atom stereocenters. The molecule has 0 spiro atoms. The normalized spacial score (nSPS) is 21.2. The number of nitrogens with zero attached hydrogens (tertiary/aromatic N) is 1. The molecule has 1 fully saturated rings. The van der Waals surface area contributed by atoms with Crippen molar-refractivity contribution in [1.29, 1.82) is 0 Å². The minimum absolute atomic E-state index is 0.00996. The number of amides is 1. The van der Waals surface area contributed by atoms with Crippen LogP contribution in [-0.4, -0.2) is 35.6 Å². The molecule has 1 heterocycles. The molecule has 6 heteroatoms. The van der Waals surface area contributed by atoms with Gasteiger partial charge in [0, 0.05) is 36.2 Å². The van der Waals surface area contributed by atoms with Crippen molar-refractivity contribution < 1.29 is 19.4 Å². The van der Waals surface area contributed by atoms with Crippen LogP contribution < -0.4 is 5.32 Å². The van der Waals surface area contributed by atoms with E-state index in [2.05, 4.69) is 55.4 Å². The molecule has 4 aromatic rings. The first-order valence-corrected chi connectivity index (χ1v) is 14.6. The van der Waals surface area contributed by atoms with Crippen LogP contribution in [-0.2, 0) is 22.6 Å². The average Bonchev–Trinajstić information content (AvgIpc) is 3.05. The first-order valence-electron chi connectivity index (χ1n) is 14.6. The summed E-state index contributed by atoms with van der Waals surface area (Å²) in [6.07, 6.45) is -0.791. The van der Waals surface area contributed by atoms with E-state index in [1.165, 1.54) is 5.56 Å². The van der Waals surface area contributed by atoms with Crippen molar-refractivity contribution in [2.45, 2.75) is 51.5 Å². The predicted octanol–water partition coefficient (Wildman–Crippen LogP) is 6.59. The van der Waals surface area contributed by atoms with Crippen molar-refractivity contribution >= 4 is 5.91 Å². The average molecular weight is 565 g/mol. The van der Waals surface area contributed by atoms with Gasteiger partial charge in [0.05, 0.1) is 18.8 Å². The number of carbonyl (C=O) groups is 1. The Morgan fingerprint density at radius 1 is 0.833 bits per heavy atom. The molecule has 4 aromatic carbocycles. The fraction of sp³-hybridized carbons (Fsp3) is 0.306. The van der Waals surface area contributed by atoms with Crippen molar-refractivity contribution in [3.63, 3.8) is 0 Å². The Morgan fingerprint density at radius 2 is 1.43 bits per heavy atom. The lowest BCUT2D eigenvalue weighted by Gasteiger charge is -2.43. The van der Waals surface area contributed by atoms with Crippen LogP contribution in [0.25, 0.3) is 0 Å². The van der Waals surface area contributed by atoms with Gasteiger partial charge in [-0.1, -0.05) is 104 Å². The Balaban J connectivity index is 1.32. The minimum Gasteiger partial charge on any atom is -0.392 e. The zero-order chi connectivity index (χ0) is 29.5. The van der Waals surface area contributed by atoms with Gasteiger partial charge in [-0.3, -0.25) is 9.69 Å². The summed E-state index contributed by atoms with van der Waals surface area (Å²) in [6, 6.07) is 36.0. The summed E-state index contributed by atoms with van der Waals surface area (Å²) in [5.41, 5.74) is 5.78. The van der Waals surface area contributed by atoms with E-state index in [0.29, 0.717) is 12.1 Å². The molecular weight excluding hydrogens is 524 g/mol. The highest BCUT2D eigenvalue weighted by molar-refractivity contribution is 5.94. The first kappa shape index (κ1) is 29.7. The molecule has 6 nitrogen and oxygen atoms in total. The van der Waals surface area contributed by atoms with E-state index in [0.717, 1.165) is 28.8 Å². The lowest BCUT2D eigenvalue weighted by molar-refractivity contribution is -0.276. The topological polar surface area (TPSA) is 71.0 Å².